The van der Waals surface area contributed by atoms with Crippen LogP contribution in [0.1, 0.15) is 45.2 Å². The van der Waals surface area contributed by atoms with Crippen molar-refractivity contribution in [3.63, 3.8) is 0 Å². The van der Waals surface area contributed by atoms with E-state index < -0.39 is 0 Å². The zero-order valence-electron chi connectivity index (χ0n) is 12.1. The second kappa shape index (κ2) is 6.87. The quantitative estimate of drug-likeness (QED) is 0.858. The number of rotatable bonds is 6. The minimum Gasteiger partial charge on any atom is -0.489 e. The van der Waals surface area contributed by atoms with E-state index in [1.165, 1.54) is 0 Å². The first-order valence-corrected chi connectivity index (χ1v) is 7.17. The van der Waals surface area contributed by atoms with Crippen LogP contribution in [-0.2, 0) is 4.74 Å². The molecule has 0 bridgehead atoms. The van der Waals surface area contributed by atoms with Crippen molar-refractivity contribution in [2.45, 2.75) is 51.9 Å². The van der Waals surface area contributed by atoms with Crippen molar-refractivity contribution < 1.29 is 9.47 Å². The summed E-state index contributed by atoms with van der Waals surface area (Å²) in [6, 6.07) is 2.28. The van der Waals surface area contributed by atoms with Crippen LogP contribution in [0.2, 0.25) is 0 Å². The van der Waals surface area contributed by atoms with Crippen molar-refractivity contribution >= 4 is 0 Å². The summed E-state index contributed by atoms with van der Waals surface area (Å²) in [6.45, 7) is 7.94. The van der Waals surface area contributed by atoms with Crippen LogP contribution in [-0.4, -0.2) is 30.3 Å². The van der Waals surface area contributed by atoms with Gasteiger partial charge in [0.05, 0.1) is 24.4 Å². The predicted molar refractivity (Wildman–Crippen MR) is 75.4 cm³/mol. The molecular weight excluding hydrogens is 240 g/mol. The van der Waals surface area contributed by atoms with E-state index >= 15 is 0 Å². The van der Waals surface area contributed by atoms with Crippen molar-refractivity contribution in [2.75, 3.05) is 13.2 Å². The van der Waals surface area contributed by atoms with Gasteiger partial charge in [0.25, 0.3) is 0 Å². The number of aromatic nitrogens is 1. The normalized spacial score (nSPS) is 20.7. The summed E-state index contributed by atoms with van der Waals surface area (Å²) in [4.78, 5) is 4.29. The number of nitrogens with one attached hydrogen (secondary N) is 1. The lowest BCUT2D eigenvalue weighted by molar-refractivity contribution is 0.0786. The Morgan fingerprint density at radius 3 is 2.95 bits per heavy atom. The zero-order chi connectivity index (χ0) is 13.7. The molecule has 19 heavy (non-hydrogen) atoms. The molecule has 2 heterocycles. The first-order valence-electron chi connectivity index (χ1n) is 7.17. The highest BCUT2D eigenvalue weighted by molar-refractivity contribution is 5.27. The van der Waals surface area contributed by atoms with Crippen molar-refractivity contribution in [1.82, 2.24) is 10.3 Å². The number of nitrogens with zero attached hydrogens (tertiary/aromatic N) is 1. The second-order valence-electron chi connectivity index (χ2n) is 5.21. The van der Waals surface area contributed by atoms with Crippen LogP contribution in [0, 0.1) is 0 Å². The monoisotopic (exact) mass is 264 g/mol. The van der Waals surface area contributed by atoms with Gasteiger partial charge in [-0.2, -0.15) is 0 Å². The van der Waals surface area contributed by atoms with Gasteiger partial charge in [0.15, 0.2) is 0 Å². The van der Waals surface area contributed by atoms with Gasteiger partial charge in [-0.3, -0.25) is 4.98 Å². The van der Waals surface area contributed by atoms with Crippen LogP contribution in [0.25, 0.3) is 0 Å². The fourth-order valence-electron chi connectivity index (χ4n) is 2.49. The van der Waals surface area contributed by atoms with Gasteiger partial charge in [0.1, 0.15) is 5.75 Å². The van der Waals surface area contributed by atoms with E-state index in [4.69, 9.17) is 9.47 Å². The SMILES string of the molecule is CCNC(c1cncc(OC(C)C)c1)C1CCCO1. The molecular formula is C15H24N2O2. The molecule has 1 N–H and O–H groups in total. The summed E-state index contributed by atoms with van der Waals surface area (Å²) >= 11 is 0. The maximum absolute atomic E-state index is 5.81. The first kappa shape index (κ1) is 14.3. The van der Waals surface area contributed by atoms with Crippen LogP contribution in [0.15, 0.2) is 18.5 Å². The Morgan fingerprint density at radius 2 is 2.32 bits per heavy atom. The van der Waals surface area contributed by atoms with Crippen LogP contribution < -0.4 is 10.1 Å². The Kier molecular flexibility index (Phi) is 5.16. The van der Waals surface area contributed by atoms with Gasteiger partial charge in [-0.15, -0.1) is 0 Å². The third kappa shape index (κ3) is 3.91. The molecule has 4 nitrogen and oxygen atoms in total. The molecule has 2 atom stereocenters. The summed E-state index contributed by atoms with van der Waals surface area (Å²) in [6.07, 6.45) is 6.33. The third-order valence-corrected chi connectivity index (χ3v) is 3.23. The van der Waals surface area contributed by atoms with E-state index in [-0.39, 0.29) is 18.2 Å². The van der Waals surface area contributed by atoms with Gasteiger partial charge >= 0.3 is 0 Å². The molecule has 1 aromatic heterocycles. The first-order chi connectivity index (χ1) is 9.20. The average molecular weight is 264 g/mol. The largest absolute Gasteiger partial charge is 0.489 e. The van der Waals surface area contributed by atoms with Gasteiger partial charge in [-0.25, -0.2) is 0 Å². The fraction of sp³-hybridized carbons (Fsp3) is 0.667. The molecule has 106 valence electrons. The molecule has 1 fully saturated rings. The van der Waals surface area contributed by atoms with Crippen LogP contribution in [0.4, 0.5) is 0 Å². The number of likely N-dealkylation sites (N-methyl/N-ethyl adjacent to an activating group) is 1. The fourth-order valence-corrected chi connectivity index (χ4v) is 2.49. The van der Waals surface area contributed by atoms with E-state index in [0.717, 1.165) is 37.3 Å². The summed E-state index contributed by atoms with van der Waals surface area (Å²) in [5.74, 6) is 0.827. The minimum atomic E-state index is 0.164. The van der Waals surface area contributed by atoms with E-state index in [1.807, 2.05) is 20.0 Å². The molecule has 4 heteroatoms. The third-order valence-electron chi connectivity index (χ3n) is 3.23. The van der Waals surface area contributed by atoms with Crippen molar-refractivity contribution in [1.29, 1.82) is 0 Å². The molecule has 1 saturated heterocycles. The predicted octanol–water partition coefficient (Wildman–Crippen LogP) is 2.70. The summed E-state index contributed by atoms with van der Waals surface area (Å²) in [5.41, 5.74) is 1.15. The van der Waals surface area contributed by atoms with Crippen molar-refractivity contribution in [3.05, 3.63) is 24.0 Å². The molecule has 1 aromatic rings. The second-order valence-corrected chi connectivity index (χ2v) is 5.21. The highest BCUT2D eigenvalue weighted by Gasteiger charge is 2.27. The van der Waals surface area contributed by atoms with Gasteiger partial charge in [-0.05, 0) is 44.9 Å². The highest BCUT2D eigenvalue weighted by Crippen LogP contribution is 2.28. The van der Waals surface area contributed by atoms with E-state index in [9.17, 15) is 0 Å². The lowest BCUT2D eigenvalue weighted by atomic mass is 10.0. The Morgan fingerprint density at radius 1 is 1.47 bits per heavy atom. The smallest absolute Gasteiger partial charge is 0.138 e. The molecule has 2 unspecified atom stereocenters. The number of ether oxygens (including phenoxy) is 2. The summed E-state index contributed by atoms with van der Waals surface area (Å²) in [7, 11) is 0. The standard InChI is InChI=1S/C15H24N2O2/c1-4-17-15(14-6-5-7-18-14)12-8-13(10-16-9-12)19-11(2)3/h8-11,14-15,17H,4-7H2,1-3H3. The Balaban J connectivity index is 2.15. The van der Waals surface area contributed by atoms with Crippen molar-refractivity contribution in [3.8, 4) is 5.75 Å². The lowest BCUT2D eigenvalue weighted by Crippen LogP contribution is -2.31. The Bertz CT molecular complexity index is 389. The number of hydrogen-bond acceptors (Lipinski definition) is 4. The van der Waals surface area contributed by atoms with Gasteiger partial charge in [-0.1, -0.05) is 6.92 Å². The molecule has 2 rings (SSSR count). The van der Waals surface area contributed by atoms with Crippen LogP contribution >= 0.6 is 0 Å². The highest BCUT2D eigenvalue weighted by atomic mass is 16.5. The van der Waals surface area contributed by atoms with Crippen LogP contribution in [0.3, 0.4) is 0 Å². The Labute approximate surface area is 115 Å². The van der Waals surface area contributed by atoms with Crippen molar-refractivity contribution in [2.24, 2.45) is 0 Å². The molecule has 0 saturated carbocycles. The Hall–Kier alpha value is -1.13. The number of hydrogen-bond donors (Lipinski definition) is 1. The molecule has 1 aliphatic rings. The molecule has 0 radical (unpaired) electrons. The molecule has 0 aromatic carbocycles. The average Bonchev–Trinajstić information content (AvgIpc) is 2.89. The molecule has 1 aliphatic heterocycles. The van der Waals surface area contributed by atoms with E-state index in [0.29, 0.717) is 0 Å². The van der Waals surface area contributed by atoms with Gasteiger partial charge in [0.2, 0.25) is 0 Å². The molecule has 0 aliphatic carbocycles. The van der Waals surface area contributed by atoms with E-state index in [1.54, 1.807) is 6.20 Å². The van der Waals surface area contributed by atoms with Gasteiger partial charge < -0.3 is 14.8 Å². The van der Waals surface area contributed by atoms with Crippen LogP contribution in [0.5, 0.6) is 5.75 Å². The maximum atomic E-state index is 5.81. The topological polar surface area (TPSA) is 43.4 Å². The minimum absolute atomic E-state index is 0.164. The van der Waals surface area contributed by atoms with E-state index in [2.05, 4.69) is 23.3 Å². The lowest BCUT2D eigenvalue weighted by Gasteiger charge is -2.24. The molecule has 0 amide bonds. The number of pyridine rings is 1. The maximum Gasteiger partial charge on any atom is 0.138 e. The molecule has 0 spiro atoms. The summed E-state index contributed by atoms with van der Waals surface area (Å²) < 4.78 is 11.5. The summed E-state index contributed by atoms with van der Waals surface area (Å²) in [5, 5.41) is 3.50. The van der Waals surface area contributed by atoms with Gasteiger partial charge in [0, 0.05) is 12.8 Å². The zero-order valence-corrected chi connectivity index (χ0v) is 12.1.